The lowest BCUT2D eigenvalue weighted by molar-refractivity contribution is -0.121. The lowest BCUT2D eigenvalue weighted by Crippen LogP contribution is -2.31. The van der Waals surface area contributed by atoms with Crippen LogP contribution in [0.3, 0.4) is 0 Å². The fourth-order valence-corrected chi connectivity index (χ4v) is 4.59. The van der Waals surface area contributed by atoms with Crippen molar-refractivity contribution in [3.05, 3.63) is 89.4 Å². The topological polar surface area (TPSA) is 66.5 Å². The first-order chi connectivity index (χ1) is 15.0. The Morgan fingerprint density at radius 3 is 2.45 bits per heavy atom. The number of nitrogens with zero attached hydrogens (tertiary/aromatic N) is 1. The van der Waals surface area contributed by atoms with Gasteiger partial charge in [0.2, 0.25) is 17.7 Å². The molecule has 1 aliphatic heterocycles. The highest BCUT2D eigenvalue weighted by molar-refractivity contribution is 8.00. The van der Waals surface area contributed by atoms with Crippen molar-refractivity contribution < 1.29 is 14.4 Å². The van der Waals surface area contributed by atoms with Crippen LogP contribution < -0.4 is 10.2 Å². The van der Waals surface area contributed by atoms with Crippen LogP contribution in [0.5, 0.6) is 0 Å². The first-order valence-corrected chi connectivity index (χ1v) is 11.0. The SMILES string of the molecule is O=C(Cc1ccccc1)Nc1ccc(S[C@H]2CC(=O)N(c3cccc(Cl)c3)C2=O)cc1. The molecule has 3 aromatic carbocycles. The van der Waals surface area contributed by atoms with Gasteiger partial charge in [-0.15, -0.1) is 11.8 Å². The smallest absolute Gasteiger partial charge is 0.247 e. The van der Waals surface area contributed by atoms with Crippen LogP contribution in [-0.4, -0.2) is 23.0 Å². The summed E-state index contributed by atoms with van der Waals surface area (Å²) in [6.45, 7) is 0. The van der Waals surface area contributed by atoms with Crippen molar-refractivity contribution in [1.82, 2.24) is 0 Å². The summed E-state index contributed by atoms with van der Waals surface area (Å²) in [5.74, 6) is -0.590. The molecule has 1 heterocycles. The number of anilines is 2. The summed E-state index contributed by atoms with van der Waals surface area (Å²) >= 11 is 7.33. The molecule has 1 saturated heterocycles. The van der Waals surface area contributed by atoms with E-state index in [0.717, 1.165) is 10.5 Å². The van der Waals surface area contributed by atoms with Crippen LogP contribution >= 0.6 is 23.4 Å². The van der Waals surface area contributed by atoms with Gasteiger partial charge in [-0.05, 0) is 48.0 Å². The summed E-state index contributed by atoms with van der Waals surface area (Å²) < 4.78 is 0. The van der Waals surface area contributed by atoms with Crippen molar-refractivity contribution in [1.29, 1.82) is 0 Å². The van der Waals surface area contributed by atoms with Gasteiger partial charge in [-0.3, -0.25) is 14.4 Å². The van der Waals surface area contributed by atoms with Gasteiger partial charge in [-0.25, -0.2) is 4.90 Å². The number of nitrogens with one attached hydrogen (secondary N) is 1. The van der Waals surface area contributed by atoms with Crippen molar-refractivity contribution in [2.24, 2.45) is 0 Å². The molecule has 0 aromatic heterocycles. The zero-order valence-corrected chi connectivity index (χ0v) is 18.0. The molecule has 156 valence electrons. The number of benzene rings is 3. The molecule has 0 radical (unpaired) electrons. The fraction of sp³-hybridized carbons (Fsp3) is 0.125. The quantitative estimate of drug-likeness (QED) is 0.540. The van der Waals surface area contributed by atoms with Gasteiger partial charge >= 0.3 is 0 Å². The van der Waals surface area contributed by atoms with E-state index in [-0.39, 0.29) is 24.1 Å². The highest BCUT2D eigenvalue weighted by atomic mass is 35.5. The number of rotatable bonds is 6. The van der Waals surface area contributed by atoms with E-state index < -0.39 is 5.25 Å². The van der Waals surface area contributed by atoms with E-state index in [1.165, 1.54) is 16.7 Å². The second-order valence-corrected chi connectivity index (χ2v) is 8.81. The largest absolute Gasteiger partial charge is 0.326 e. The van der Waals surface area contributed by atoms with Crippen LogP contribution in [0.1, 0.15) is 12.0 Å². The predicted molar refractivity (Wildman–Crippen MR) is 123 cm³/mol. The van der Waals surface area contributed by atoms with E-state index in [1.54, 1.807) is 36.4 Å². The van der Waals surface area contributed by atoms with E-state index in [9.17, 15) is 14.4 Å². The van der Waals surface area contributed by atoms with Gasteiger partial charge in [-0.1, -0.05) is 48.0 Å². The number of amides is 3. The number of carbonyl (C=O) groups excluding carboxylic acids is 3. The monoisotopic (exact) mass is 450 g/mol. The second kappa shape index (κ2) is 9.37. The Bertz CT molecular complexity index is 1120. The van der Waals surface area contributed by atoms with Crippen LogP contribution in [0.2, 0.25) is 5.02 Å². The molecule has 4 rings (SSSR count). The van der Waals surface area contributed by atoms with Gasteiger partial charge in [0.15, 0.2) is 0 Å². The minimum atomic E-state index is -0.495. The van der Waals surface area contributed by atoms with Crippen molar-refractivity contribution in [3.8, 4) is 0 Å². The number of imide groups is 1. The summed E-state index contributed by atoms with van der Waals surface area (Å²) in [5, 5.41) is 2.85. The highest BCUT2D eigenvalue weighted by Crippen LogP contribution is 2.35. The summed E-state index contributed by atoms with van der Waals surface area (Å²) in [6.07, 6.45) is 0.431. The van der Waals surface area contributed by atoms with Crippen molar-refractivity contribution >= 4 is 52.5 Å². The molecule has 0 bridgehead atoms. The maximum absolute atomic E-state index is 12.8. The molecule has 1 atom stereocenters. The minimum Gasteiger partial charge on any atom is -0.326 e. The number of hydrogen-bond donors (Lipinski definition) is 1. The van der Waals surface area contributed by atoms with Crippen LogP contribution in [0.4, 0.5) is 11.4 Å². The third kappa shape index (κ3) is 5.16. The minimum absolute atomic E-state index is 0.0969. The Hall–Kier alpha value is -3.09. The van der Waals surface area contributed by atoms with Gasteiger partial charge in [0.05, 0.1) is 17.4 Å². The molecular weight excluding hydrogens is 432 g/mol. The standard InChI is InChI=1S/C24H19ClN2O3S/c25-17-7-4-8-19(14-17)27-23(29)15-21(24(27)30)31-20-11-9-18(10-12-20)26-22(28)13-16-5-2-1-3-6-16/h1-12,14,21H,13,15H2,(H,26,28)/t21-/m0/s1. The molecule has 1 aliphatic rings. The molecule has 0 unspecified atom stereocenters. The Balaban J connectivity index is 1.37. The zero-order valence-electron chi connectivity index (χ0n) is 16.5. The summed E-state index contributed by atoms with van der Waals surface area (Å²) in [6, 6.07) is 23.5. The van der Waals surface area contributed by atoms with Crippen molar-refractivity contribution in [3.63, 3.8) is 0 Å². The van der Waals surface area contributed by atoms with E-state index >= 15 is 0 Å². The predicted octanol–water partition coefficient (Wildman–Crippen LogP) is 4.95. The normalized spacial score (nSPS) is 15.9. The van der Waals surface area contributed by atoms with Gasteiger partial charge in [0, 0.05) is 22.0 Å². The average Bonchev–Trinajstić information content (AvgIpc) is 3.03. The van der Waals surface area contributed by atoms with Gasteiger partial charge in [0.25, 0.3) is 0 Å². The van der Waals surface area contributed by atoms with E-state index in [0.29, 0.717) is 22.8 Å². The summed E-state index contributed by atoms with van der Waals surface area (Å²) in [5.41, 5.74) is 2.11. The molecule has 31 heavy (non-hydrogen) atoms. The Labute approximate surface area is 189 Å². The molecule has 3 amide bonds. The maximum Gasteiger partial charge on any atom is 0.247 e. The third-order valence-electron chi connectivity index (χ3n) is 4.80. The molecule has 1 fully saturated rings. The number of thioether (sulfide) groups is 1. The Kier molecular flexibility index (Phi) is 6.39. The third-order valence-corrected chi connectivity index (χ3v) is 6.23. The van der Waals surface area contributed by atoms with Gasteiger partial charge in [-0.2, -0.15) is 0 Å². The summed E-state index contributed by atoms with van der Waals surface area (Å²) in [4.78, 5) is 39.5. The van der Waals surface area contributed by atoms with Crippen LogP contribution in [-0.2, 0) is 20.8 Å². The van der Waals surface area contributed by atoms with E-state index in [4.69, 9.17) is 11.6 Å². The summed E-state index contributed by atoms with van der Waals surface area (Å²) in [7, 11) is 0. The number of carbonyl (C=O) groups is 3. The molecular formula is C24H19ClN2O3S. The average molecular weight is 451 g/mol. The fourth-order valence-electron chi connectivity index (χ4n) is 3.35. The number of halogens is 1. The first kappa shape index (κ1) is 21.2. The van der Waals surface area contributed by atoms with E-state index in [2.05, 4.69) is 5.32 Å². The van der Waals surface area contributed by atoms with Crippen LogP contribution in [0, 0.1) is 0 Å². The molecule has 3 aromatic rings. The first-order valence-electron chi connectivity index (χ1n) is 9.72. The van der Waals surface area contributed by atoms with Crippen molar-refractivity contribution in [2.75, 3.05) is 10.2 Å². The van der Waals surface area contributed by atoms with Crippen LogP contribution in [0.25, 0.3) is 0 Å². The molecule has 7 heteroatoms. The maximum atomic E-state index is 12.8. The lowest BCUT2D eigenvalue weighted by atomic mass is 10.1. The van der Waals surface area contributed by atoms with Crippen LogP contribution in [0.15, 0.2) is 83.8 Å². The van der Waals surface area contributed by atoms with E-state index in [1.807, 2.05) is 42.5 Å². The second-order valence-electron chi connectivity index (χ2n) is 7.09. The molecule has 0 spiro atoms. The number of hydrogen-bond acceptors (Lipinski definition) is 4. The molecule has 1 N–H and O–H groups in total. The van der Waals surface area contributed by atoms with Gasteiger partial charge in [0.1, 0.15) is 0 Å². The Morgan fingerprint density at radius 1 is 1.00 bits per heavy atom. The van der Waals surface area contributed by atoms with Crippen molar-refractivity contribution in [2.45, 2.75) is 23.0 Å². The zero-order chi connectivity index (χ0) is 21.8. The molecule has 5 nitrogen and oxygen atoms in total. The van der Waals surface area contributed by atoms with Gasteiger partial charge < -0.3 is 5.32 Å². The molecule has 0 saturated carbocycles. The lowest BCUT2D eigenvalue weighted by Gasteiger charge is -2.15. The Morgan fingerprint density at radius 2 is 1.74 bits per heavy atom. The molecule has 0 aliphatic carbocycles. The highest BCUT2D eigenvalue weighted by Gasteiger charge is 2.40.